The average molecular weight is 287 g/mol. The van der Waals surface area contributed by atoms with Gasteiger partial charge in [0.1, 0.15) is 13.9 Å². The molecule has 2 radical (unpaired) electrons. The Morgan fingerprint density at radius 3 is 2.21 bits per heavy atom. The van der Waals surface area contributed by atoms with E-state index in [4.69, 9.17) is 7.85 Å². The van der Waals surface area contributed by atoms with Crippen LogP contribution in [0.2, 0.25) is 0 Å². The SMILES string of the molecule is [B]C[P+](=O)N(CCCNC(C)(C)C)CCC(C)(C)O. The van der Waals surface area contributed by atoms with Gasteiger partial charge in [0.2, 0.25) is 0 Å². The molecule has 0 aliphatic carbocycles. The van der Waals surface area contributed by atoms with Gasteiger partial charge in [0.05, 0.1) is 5.60 Å². The zero-order chi connectivity index (χ0) is 15.1. The molecule has 0 spiro atoms. The molecule has 4 nitrogen and oxygen atoms in total. The van der Waals surface area contributed by atoms with Gasteiger partial charge in [-0.3, -0.25) is 0 Å². The third-order valence-corrected chi connectivity index (χ3v) is 4.05. The van der Waals surface area contributed by atoms with Crippen LogP contribution < -0.4 is 5.32 Å². The van der Waals surface area contributed by atoms with E-state index in [0.717, 1.165) is 19.5 Å². The second-order valence-electron chi connectivity index (χ2n) is 6.58. The highest BCUT2D eigenvalue weighted by Crippen LogP contribution is 2.26. The lowest BCUT2D eigenvalue weighted by Gasteiger charge is -2.22. The molecule has 0 bridgehead atoms. The predicted molar refractivity (Wildman–Crippen MR) is 83.1 cm³/mol. The molecule has 0 aliphatic rings. The van der Waals surface area contributed by atoms with Crippen LogP contribution in [-0.4, -0.2) is 54.5 Å². The molecule has 0 aromatic rings. The highest BCUT2D eigenvalue weighted by molar-refractivity contribution is 7.43. The highest BCUT2D eigenvalue weighted by Gasteiger charge is 2.26. The molecule has 0 aromatic carbocycles. The van der Waals surface area contributed by atoms with Crippen molar-refractivity contribution in [2.75, 3.05) is 25.7 Å². The Bertz CT molecular complexity index is 275. The summed E-state index contributed by atoms with van der Waals surface area (Å²) >= 11 is 0. The normalized spacial score (nSPS) is 13.9. The maximum atomic E-state index is 11.9. The third kappa shape index (κ3) is 11.6. The minimum Gasteiger partial charge on any atom is -0.390 e. The number of nitrogens with zero attached hydrogens (tertiary/aromatic N) is 1. The summed E-state index contributed by atoms with van der Waals surface area (Å²) in [6, 6.07) is 0.174. The van der Waals surface area contributed by atoms with Crippen LogP contribution in [0.1, 0.15) is 47.5 Å². The summed E-state index contributed by atoms with van der Waals surface area (Å²) in [7, 11) is 3.96. The van der Waals surface area contributed by atoms with Crippen molar-refractivity contribution in [1.82, 2.24) is 9.99 Å². The van der Waals surface area contributed by atoms with E-state index in [-0.39, 0.29) is 11.6 Å². The van der Waals surface area contributed by atoms with E-state index in [9.17, 15) is 9.67 Å². The van der Waals surface area contributed by atoms with Crippen LogP contribution in [0, 0.1) is 0 Å². The first-order valence-electron chi connectivity index (χ1n) is 6.92. The van der Waals surface area contributed by atoms with Gasteiger partial charge in [-0.1, -0.05) is 9.24 Å². The van der Waals surface area contributed by atoms with Crippen molar-refractivity contribution in [1.29, 1.82) is 0 Å². The number of hydrogen-bond acceptors (Lipinski definition) is 3. The third-order valence-electron chi connectivity index (χ3n) is 2.70. The summed E-state index contributed by atoms with van der Waals surface area (Å²) in [4.78, 5) is 0. The monoisotopic (exact) mass is 287 g/mol. The van der Waals surface area contributed by atoms with E-state index in [2.05, 4.69) is 26.1 Å². The molecule has 0 fully saturated rings. The molecule has 0 aliphatic heterocycles. The van der Waals surface area contributed by atoms with Gasteiger partial charge in [-0.25, -0.2) is 0 Å². The van der Waals surface area contributed by atoms with E-state index in [1.165, 1.54) is 0 Å². The smallest absolute Gasteiger partial charge is 0.390 e. The van der Waals surface area contributed by atoms with Crippen LogP contribution in [0.5, 0.6) is 0 Å². The summed E-state index contributed by atoms with van der Waals surface area (Å²) in [6.07, 6.45) is 1.52. The Morgan fingerprint density at radius 1 is 1.21 bits per heavy atom. The van der Waals surface area contributed by atoms with Gasteiger partial charge in [0.25, 0.3) is 0 Å². The topological polar surface area (TPSA) is 52.6 Å². The number of rotatable bonds is 9. The van der Waals surface area contributed by atoms with E-state index >= 15 is 0 Å². The van der Waals surface area contributed by atoms with E-state index in [0.29, 0.717) is 13.0 Å². The quantitative estimate of drug-likeness (QED) is 0.387. The van der Waals surface area contributed by atoms with E-state index in [1.807, 2.05) is 4.67 Å². The van der Waals surface area contributed by atoms with Crippen LogP contribution in [0.25, 0.3) is 0 Å². The molecule has 2 N–H and O–H groups in total. The lowest BCUT2D eigenvalue weighted by molar-refractivity contribution is 0.0656. The molecule has 110 valence electrons. The van der Waals surface area contributed by atoms with Gasteiger partial charge in [-0.05, 0) is 54.0 Å². The standard InChI is InChI=1S/C13H29BN2O2P/c1-12(2,3)15-8-6-9-16(19(18)11-14)10-7-13(4,5)17/h15,17H,6-11H2,1-5H3/q+1. The van der Waals surface area contributed by atoms with Crippen LogP contribution in [0.3, 0.4) is 0 Å². The molecule has 0 saturated carbocycles. The maximum absolute atomic E-state index is 11.9. The fraction of sp³-hybridized carbons (Fsp3) is 1.00. The number of hydrogen-bond donors (Lipinski definition) is 2. The summed E-state index contributed by atoms with van der Waals surface area (Å²) in [5.74, 6) is 0. The number of nitrogens with one attached hydrogen (secondary N) is 1. The van der Waals surface area contributed by atoms with Crippen LogP contribution in [0.15, 0.2) is 0 Å². The van der Waals surface area contributed by atoms with Gasteiger partial charge in [0.15, 0.2) is 0 Å². The second-order valence-corrected chi connectivity index (χ2v) is 8.22. The summed E-state index contributed by atoms with van der Waals surface area (Å²) in [5, 5.41) is 13.1. The van der Waals surface area contributed by atoms with Gasteiger partial charge in [-0.2, -0.15) is 0 Å². The van der Waals surface area contributed by atoms with Gasteiger partial charge >= 0.3 is 7.95 Å². The first-order valence-corrected chi connectivity index (χ1v) is 8.32. The fourth-order valence-electron chi connectivity index (χ4n) is 1.58. The molecular weight excluding hydrogens is 258 g/mol. The second kappa shape index (κ2) is 8.36. The summed E-state index contributed by atoms with van der Waals surface area (Å²) in [5.41, 5.74) is -0.624. The maximum Gasteiger partial charge on any atom is 0.424 e. The molecule has 0 amide bonds. The molecule has 0 saturated heterocycles. The Labute approximate surface area is 120 Å². The lowest BCUT2D eigenvalue weighted by atomic mass is 10.1. The van der Waals surface area contributed by atoms with Gasteiger partial charge < -0.3 is 10.4 Å². The summed E-state index contributed by atoms with van der Waals surface area (Å²) < 4.78 is 13.8. The molecular formula is C13H29BN2O2P+. The molecule has 19 heavy (non-hydrogen) atoms. The predicted octanol–water partition coefficient (Wildman–Crippen LogP) is 2.10. The Kier molecular flexibility index (Phi) is 8.38. The van der Waals surface area contributed by atoms with Crippen molar-refractivity contribution in [3.63, 3.8) is 0 Å². The largest absolute Gasteiger partial charge is 0.424 e. The Balaban J connectivity index is 4.11. The Morgan fingerprint density at radius 2 is 1.79 bits per heavy atom. The van der Waals surface area contributed by atoms with Crippen LogP contribution in [-0.2, 0) is 4.57 Å². The van der Waals surface area contributed by atoms with Crippen LogP contribution >= 0.6 is 7.95 Å². The molecule has 1 atom stereocenters. The van der Waals surface area contributed by atoms with Gasteiger partial charge in [0, 0.05) is 18.6 Å². The first kappa shape index (κ1) is 19.0. The molecule has 0 aromatic heterocycles. The molecule has 0 rings (SSSR count). The zero-order valence-electron chi connectivity index (χ0n) is 13.1. The van der Waals surface area contributed by atoms with Crippen molar-refractivity contribution in [2.45, 2.75) is 58.6 Å². The van der Waals surface area contributed by atoms with Crippen LogP contribution in [0.4, 0.5) is 0 Å². The van der Waals surface area contributed by atoms with Crippen molar-refractivity contribution in [3.8, 4) is 0 Å². The average Bonchev–Trinajstić information content (AvgIpc) is 2.24. The fourth-order valence-corrected chi connectivity index (χ4v) is 2.50. The Hall–Kier alpha value is 0.0449. The van der Waals surface area contributed by atoms with E-state index < -0.39 is 13.6 Å². The molecule has 1 unspecified atom stereocenters. The number of aliphatic hydroxyl groups is 1. The van der Waals surface area contributed by atoms with Crippen molar-refractivity contribution < 1.29 is 9.67 Å². The first-order chi connectivity index (χ1) is 8.55. The lowest BCUT2D eigenvalue weighted by Crippen LogP contribution is -2.37. The van der Waals surface area contributed by atoms with Crippen molar-refractivity contribution in [3.05, 3.63) is 0 Å². The highest BCUT2D eigenvalue weighted by atomic mass is 31.1. The van der Waals surface area contributed by atoms with Crippen molar-refractivity contribution >= 4 is 15.8 Å². The molecule has 0 heterocycles. The minimum absolute atomic E-state index is 0.105. The molecule has 6 heteroatoms. The van der Waals surface area contributed by atoms with E-state index in [1.54, 1.807) is 13.8 Å². The van der Waals surface area contributed by atoms with Gasteiger partial charge in [-0.15, -0.1) is 0 Å². The zero-order valence-corrected chi connectivity index (χ0v) is 14.0. The van der Waals surface area contributed by atoms with Crippen molar-refractivity contribution in [2.24, 2.45) is 0 Å². The minimum atomic E-state index is -1.52. The summed E-state index contributed by atoms with van der Waals surface area (Å²) in [6.45, 7) is 12.1.